The molecule has 0 spiro atoms. The Labute approximate surface area is 136 Å². The van der Waals surface area contributed by atoms with Crippen LogP contribution >= 0.6 is 23.1 Å². The van der Waals surface area contributed by atoms with Crippen molar-refractivity contribution in [3.8, 4) is 0 Å². The van der Waals surface area contributed by atoms with Gasteiger partial charge in [0.15, 0.2) is 10.0 Å². The molecule has 6 nitrogen and oxygen atoms in total. The zero-order valence-electron chi connectivity index (χ0n) is 12.0. The van der Waals surface area contributed by atoms with E-state index >= 15 is 0 Å². The summed E-state index contributed by atoms with van der Waals surface area (Å²) in [5.74, 6) is -0.195. The van der Waals surface area contributed by atoms with Gasteiger partial charge in [-0.15, -0.1) is 11.3 Å². The van der Waals surface area contributed by atoms with Crippen molar-refractivity contribution in [1.29, 1.82) is 0 Å². The topological polar surface area (TPSA) is 90.7 Å². The van der Waals surface area contributed by atoms with Crippen LogP contribution in [0.3, 0.4) is 0 Å². The molecule has 0 saturated carbocycles. The molecule has 1 aliphatic heterocycles. The molecule has 0 aromatic carbocycles. The molecule has 120 valence electrons. The molecule has 0 bridgehead atoms. The van der Waals surface area contributed by atoms with Gasteiger partial charge in [-0.3, -0.25) is 4.79 Å². The Balaban J connectivity index is 1.83. The second kappa shape index (κ2) is 8.30. The summed E-state index contributed by atoms with van der Waals surface area (Å²) >= 11 is 2.77. The molecule has 8 heteroatoms. The first-order valence-electron chi connectivity index (χ1n) is 7.00. The van der Waals surface area contributed by atoms with Crippen LogP contribution < -0.4 is 0 Å². The van der Waals surface area contributed by atoms with Gasteiger partial charge in [-0.05, 0) is 12.8 Å². The van der Waals surface area contributed by atoms with E-state index in [-0.39, 0.29) is 24.2 Å². The van der Waals surface area contributed by atoms with Crippen molar-refractivity contribution in [3.05, 3.63) is 23.2 Å². The van der Waals surface area contributed by atoms with Gasteiger partial charge in [0, 0.05) is 30.7 Å². The standard InChI is InChI=1S/C14H18N2O4S2/c17-7-2-1-3-10-4-5-12(18)16(10)6-8-21-14-15-11(9-22-14)13(19)20/h1,3,9-10,17H,2,4-8H2,(H,19,20)/b3-1+/t10-/m0/s1. The van der Waals surface area contributed by atoms with Crippen molar-refractivity contribution >= 4 is 35.0 Å². The Morgan fingerprint density at radius 1 is 1.59 bits per heavy atom. The van der Waals surface area contributed by atoms with Crippen LogP contribution in [0, 0.1) is 0 Å². The lowest BCUT2D eigenvalue weighted by Crippen LogP contribution is -2.33. The number of hydrogen-bond donors (Lipinski definition) is 2. The maximum absolute atomic E-state index is 11.9. The largest absolute Gasteiger partial charge is 0.476 e. The van der Waals surface area contributed by atoms with E-state index in [1.54, 1.807) is 0 Å². The average Bonchev–Trinajstić information content (AvgIpc) is 3.09. The number of thiazole rings is 1. The second-order valence-corrected chi connectivity index (χ2v) is 6.99. The van der Waals surface area contributed by atoms with Gasteiger partial charge >= 0.3 is 5.97 Å². The molecule has 1 amide bonds. The summed E-state index contributed by atoms with van der Waals surface area (Å²) in [4.78, 5) is 28.5. The van der Waals surface area contributed by atoms with Gasteiger partial charge in [0.1, 0.15) is 0 Å². The van der Waals surface area contributed by atoms with E-state index in [4.69, 9.17) is 10.2 Å². The van der Waals surface area contributed by atoms with Gasteiger partial charge in [-0.25, -0.2) is 9.78 Å². The first kappa shape index (κ1) is 17.0. The number of likely N-dealkylation sites (tertiary alicyclic amines) is 1. The normalized spacial score (nSPS) is 18.5. The minimum absolute atomic E-state index is 0.0644. The molecule has 0 unspecified atom stereocenters. The average molecular weight is 342 g/mol. The van der Waals surface area contributed by atoms with Gasteiger partial charge in [-0.2, -0.15) is 0 Å². The molecule has 1 atom stereocenters. The Hall–Kier alpha value is -1.38. The predicted octanol–water partition coefficient (Wildman–Crippen LogP) is 1.86. The molecular weight excluding hydrogens is 324 g/mol. The van der Waals surface area contributed by atoms with Gasteiger partial charge < -0.3 is 15.1 Å². The Morgan fingerprint density at radius 2 is 2.41 bits per heavy atom. The Kier molecular flexibility index (Phi) is 6.41. The number of aliphatic hydroxyl groups excluding tert-OH is 1. The summed E-state index contributed by atoms with van der Waals surface area (Å²) in [5, 5.41) is 19.1. The van der Waals surface area contributed by atoms with Gasteiger partial charge in [-0.1, -0.05) is 23.9 Å². The highest BCUT2D eigenvalue weighted by molar-refractivity contribution is 8.01. The van der Waals surface area contributed by atoms with Crippen molar-refractivity contribution in [1.82, 2.24) is 9.88 Å². The number of carbonyl (C=O) groups excluding carboxylic acids is 1. The lowest BCUT2D eigenvalue weighted by atomic mass is 10.2. The molecule has 2 heterocycles. The van der Waals surface area contributed by atoms with Gasteiger partial charge in [0.25, 0.3) is 0 Å². The van der Waals surface area contributed by atoms with Crippen molar-refractivity contribution in [3.63, 3.8) is 0 Å². The zero-order valence-corrected chi connectivity index (χ0v) is 13.6. The number of amides is 1. The minimum atomic E-state index is -1.02. The molecular formula is C14H18N2O4S2. The van der Waals surface area contributed by atoms with E-state index in [0.29, 0.717) is 29.5 Å². The SMILES string of the molecule is O=C(O)c1csc(SCCN2C(=O)CC[C@@H]2/C=C/CCO)n1. The number of carboxylic acids is 1. The number of aliphatic hydroxyl groups is 1. The molecule has 1 aromatic rings. The summed E-state index contributed by atoms with van der Waals surface area (Å²) in [6.07, 6.45) is 5.86. The van der Waals surface area contributed by atoms with E-state index in [1.807, 2.05) is 17.1 Å². The van der Waals surface area contributed by atoms with Crippen LogP contribution in [0.15, 0.2) is 21.9 Å². The number of thioether (sulfide) groups is 1. The molecule has 1 aromatic heterocycles. The van der Waals surface area contributed by atoms with E-state index in [1.165, 1.54) is 28.5 Å². The summed E-state index contributed by atoms with van der Waals surface area (Å²) in [6, 6.07) is 0.102. The predicted molar refractivity (Wildman–Crippen MR) is 85.4 cm³/mol. The maximum Gasteiger partial charge on any atom is 0.355 e. The third-order valence-electron chi connectivity index (χ3n) is 3.29. The van der Waals surface area contributed by atoms with Crippen LogP contribution in [0.1, 0.15) is 29.8 Å². The highest BCUT2D eigenvalue weighted by Crippen LogP contribution is 2.25. The summed E-state index contributed by atoms with van der Waals surface area (Å²) in [7, 11) is 0. The number of nitrogens with zero attached hydrogens (tertiary/aromatic N) is 2. The van der Waals surface area contributed by atoms with Crippen LogP contribution in [0.25, 0.3) is 0 Å². The summed E-state index contributed by atoms with van der Waals surface area (Å²) in [6.45, 7) is 0.725. The monoisotopic (exact) mass is 342 g/mol. The summed E-state index contributed by atoms with van der Waals surface area (Å²) in [5.41, 5.74) is 0.0644. The smallest absolute Gasteiger partial charge is 0.355 e. The van der Waals surface area contributed by atoms with Crippen LogP contribution in [0.2, 0.25) is 0 Å². The third-order valence-corrected chi connectivity index (χ3v) is 5.29. The number of rotatable bonds is 8. The van der Waals surface area contributed by atoms with Crippen LogP contribution in [0.4, 0.5) is 0 Å². The molecule has 2 rings (SSSR count). The van der Waals surface area contributed by atoms with Crippen molar-refractivity contribution in [2.75, 3.05) is 18.9 Å². The van der Waals surface area contributed by atoms with Crippen LogP contribution in [0.5, 0.6) is 0 Å². The second-order valence-electron chi connectivity index (χ2n) is 4.79. The quantitative estimate of drug-likeness (QED) is 0.553. The zero-order chi connectivity index (χ0) is 15.9. The minimum Gasteiger partial charge on any atom is -0.476 e. The van der Waals surface area contributed by atoms with Gasteiger partial charge in [0.05, 0.1) is 6.04 Å². The first-order chi connectivity index (χ1) is 10.6. The van der Waals surface area contributed by atoms with E-state index in [0.717, 1.165) is 6.42 Å². The fourth-order valence-electron chi connectivity index (χ4n) is 2.23. The Bertz CT molecular complexity index is 559. The number of carboxylic acid groups (broad SMARTS) is 1. The fourth-order valence-corrected chi connectivity index (χ4v) is 4.04. The highest BCUT2D eigenvalue weighted by atomic mass is 32.2. The lowest BCUT2D eigenvalue weighted by molar-refractivity contribution is -0.128. The number of aromatic carboxylic acids is 1. The maximum atomic E-state index is 11.9. The van der Waals surface area contributed by atoms with Crippen molar-refractivity contribution in [2.45, 2.75) is 29.6 Å². The molecule has 0 radical (unpaired) electrons. The highest BCUT2D eigenvalue weighted by Gasteiger charge is 2.28. The number of carbonyl (C=O) groups is 2. The third kappa shape index (κ3) is 4.56. The van der Waals surface area contributed by atoms with E-state index < -0.39 is 5.97 Å². The lowest BCUT2D eigenvalue weighted by Gasteiger charge is -2.21. The first-order valence-corrected chi connectivity index (χ1v) is 8.87. The van der Waals surface area contributed by atoms with E-state index in [2.05, 4.69) is 4.98 Å². The van der Waals surface area contributed by atoms with E-state index in [9.17, 15) is 9.59 Å². The molecule has 1 saturated heterocycles. The van der Waals surface area contributed by atoms with Crippen molar-refractivity contribution < 1.29 is 19.8 Å². The van der Waals surface area contributed by atoms with Crippen molar-refractivity contribution in [2.24, 2.45) is 0 Å². The molecule has 2 N–H and O–H groups in total. The fraction of sp³-hybridized carbons (Fsp3) is 0.500. The molecule has 1 fully saturated rings. The number of aromatic nitrogens is 1. The van der Waals surface area contributed by atoms with Crippen LogP contribution in [-0.4, -0.2) is 56.9 Å². The van der Waals surface area contributed by atoms with Crippen LogP contribution in [-0.2, 0) is 4.79 Å². The molecule has 0 aliphatic carbocycles. The van der Waals surface area contributed by atoms with Gasteiger partial charge in [0.2, 0.25) is 5.91 Å². The number of hydrogen-bond acceptors (Lipinski definition) is 6. The Morgan fingerprint density at radius 3 is 3.09 bits per heavy atom. The summed E-state index contributed by atoms with van der Waals surface area (Å²) < 4.78 is 0.705. The molecule has 22 heavy (non-hydrogen) atoms. The molecule has 1 aliphatic rings.